The van der Waals surface area contributed by atoms with E-state index in [0.29, 0.717) is 0 Å². The maximum absolute atomic E-state index is 13.2. The Kier molecular flexibility index (Phi) is 3.59. The molecule has 0 amide bonds. The summed E-state index contributed by atoms with van der Waals surface area (Å²) >= 11 is 0. The maximum Gasteiger partial charge on any atom is 0.320 e. The third-order valence-electron chi connectivity index (χ3n) is 2.25. The van der Waals surface area contributed by atoms with Gasteiger partial charge in [0.1, 0.15) is 6.04 Å². The van der Waals surface area contributed by atoms with E-state index in [2.05, 4.69) is 0 Å². The molecule has 0 aliphatic carbocycles. The van der Waals surface area contributed by atoms with Crippen LogP contribution in [-0.2, 0) is 17.1 Å². The largest absolute Gasteiger partial charge is 0.480 e. The molecule has 5 heteroatoms. The van der Waals surface area contributed by atoms with Gasteiger partial charge in [-0.1, -0.05) is 24.3 Å². The Labute approximate surface area is 91.9 Å². The number of alkyl halides is 2. The fourth-order valence-corrected chi connectivity index (χ4v) is 1.45. The molecular weight excluding hydrogens is 216 g/mol. The summed E-state index contributed by atoms with van der Waals surface area (Å²) in [6.07, 6.45) is -0.102. The van der Waals surface area contributed by atoms with E-state index in [1.807, 2.05) is 0 Å². The SMILES string of the molecule is CC(F)(F)c1ccccc1C[C@H](N)C(=O)O. The highest BCUT2D eigenvalue weighted by atomic mass is 19.3. The molecule has 0 heterocycles. The van der Waals surface area contributed by atoms with Crippen LogP contribution < -0.4 is 5.73 Å². The van der Waals surface area contributed by atoms with Gasteiger partial charge in [0.05, 0.1) is 0 Å². The summed E-state index contributed by atoms with van der Waals surface area (Å²) in [5, 5.41) is 8.62. The second-order valence-corrected chi connectivity index (χ2v) is 3.69. The molecule has 0 fully saturated rings. The van der Waals surface area contributed by atoms with E-state index in [4.69, 9.17) is 10.8 Å². The normalized spacial score (nSPS) is 13.5. The van der Waals surface area contributed by atoms with Crippen LogP contribution in [0.1, 0.15) is 18.1 Å². The third-order valence-corrected chi connectivity index (χ3v) is 2.25. The second-order valence-electron chi connectivity index (χ2n) is 3.69. The van der Waals surface area contributed by atoms with Crippen molar-refractivity contribution in [3.8, 4) is 0 Å². The van der Waals surface area contributed by atoms with Crippen molar-refractivity contribution in [1.29, 1.82) is 0 Å². The molecule has 3 nitrogen and oxygen atoms in total. The van der Waals surface area contributed by atoms with Crippen LogP contribution in [0.15, 0.2) is 24.3 Å². The zero-order valence-electron chi connectivity index (χ0n) is 8.78. The van der Waals surface area contributed by atoms with Gasteiger partial charge < -0.3 is 10.8 Å². The average molecular weight is 229 g/mol. The number of halogens is 2. The fraction of sp³-hybridized carbons (Fsp3) is 0.364. The van der Waals surface area contributed by atoms with E-state index in [9.17, 15) is 13.6 Å². The Morgan fingerprint density at radius 2 is 2.06 bits per heavy atom. The first-order valence-electron chi connectivity index (χ1n) is 4.77. The number of carboxylic acids is 1. The molecule has 1 atom stereocenters. The van der Waals surface area contributed by atoms with E-state index in [0.717, 1.165) is 6.92 Å². The monoisotopic (exact) mass is 229 g/mol. The number of hydrogen-bond acceptors (Lipinski definition) is 2. The predicted octanol–water partition coefficient (Wildman–Crippen LogP) is 1.75. The molecular formula is C11H13F2NO2. The Balaban J connectivity index is 3.01. The minimum Gasteiger partial charge on any atom is -0.480 e. The summed E-state index contributed by atoms with van der Waals surface area (Å²) in [6, 6.07) is 4.66. The van der Waals surface area contributed by atoms with Crippen LogP contribution in [0.3, 0.4) is 0 Å². The maximum atomic E-state index is 13.2. The minimum absolute atomic E-state index is 0.102. The highest BCUT2D eigenvalue weighted by Gasteiger charge is 2.28. The molecule has 0 saturated heterocycles. The number of rotatable bonds is 4. The average Bonchev–Trinajstić information content (AvgIpc) is 2.16. The molecule has 0 aliphatic heterocycles. The molecule has 16 heavy (non-hydrogen) atoms. The summed E-state index contributed by atoms with van der Waals surface area (Å²) in [5.41, 5.74) is 5.41. The van der Waals surface area contributed by atoms with E-state index >= 15 is 0 Å². The molecule has 0 unspecified atom stereocenters. The number of carboxylic acid groups (broad SMARTS) is 1. The van der Waals surface area contributed by atoms with Crippen molar-refractivity contribution < 1.29 is 18.7 Å². The minimum atomic E-state index is -2.99. The molecule has 1 rings (SSSR count). The van der Waals surface area contributed by atoms with Crippen LogP contribution in [0, 0.1) is 0 Å². The van der Waals surface area contributed by atoms with Crippen molar-refractivity contribution in [3.63, 3.8) is 0 Å². The van der Waals surface area contributed by atoms with E-state index in [1.54, 1.807) is 6.07 Å². The zero-order valence-corrected chi connectivity index (χ0v) is 8.78. The van der Waals surface area contributed by atoms with Gasteiger partial charge in [-0.05, 0) is 12.0 Å². The summed E-state index contributed by atoms with van der Waals surface area (Å²) in [7, 11) is 0. The number of benzene rings is 1. The molecule has 0 bridgehead atoms. The van der Waals surface area contributed by atoms with Crippen LogP contribution in [0.2, 0.25) is 0 Å². The summed E-state index contributed by atoms with van der Waals surface area (Å²) in [6.45, 7) is 0.776. The van der Waals surface area contributed by atoms with Crippen molar-refractivity contribution in [2.75, 3.05) is 0 Å². The number of carbonyl (C=O) groups is 1. The van der Waals surface area contributed by atoms with Crippen molar-refractivity contribution >= 4 is 5.97 Å². The van der Waals surface area contributed by atoms with Gasteiger partial charge in [-0.2, -0.15) is 0 Å². The van der Waals surface area contributed by atoms with Crippen LogP contribution in [0.25, 0.3) is 0 Å². The predicted molar refractivity (Wildman–Crippen MR) is 55.3 cm³/mol. The van der Waals surface area contributed by atoms with Crippen LogP contribution in [-0.4, -0.2) is 17.1 Å². The lowest BCUT2D eigenvalue weighted by Gasteiger charge is -2.16. The molecule has 0 spiro atoms. The third kappa shape index (κ3) is 3.00. The Hall–Kier alpha value is -1.49. The fourth-order valence-electron chi connectivity index (χ4n) is 1.45. The summed E-state index contributed by atoms with van der Waals surface area (Å²) in [5.74, 6) is -4.19. The lowest BCUT2D eigenvalue weighted by atomic mass is 9.97. The quantitative estimate of drug-likeness (QED) is 0.826. The van der Waals surface area contributed by atoms with Gasteiger partial charge in [-0.25, -0.2) is 8.78 Å². The van der Waals surface area contributed by atoms with Crippen LogP contribution in [0.5, 0.6) is 0 Å². The van der Waals surface area contributed by atoms with Crippen molar-refractivity contribution in [1.82, 2.24) is 0 Å². The first-order valence-corrected chi connectivity index (χ1v) is 4.77. The first-order chi connectivity index (χ1) is 7.32. The number of hydrogen-bond donors (Lipinski definition) is 2. The van der Waals surface area contributed by atoms with Crippen molar-refractivity contribution in [3.05, 3.63) is 35.4 Å². The standard InChI is InChI=1S/C11H13F2NO2/c1-11(12,13)8-5-3-2-4-7(8)6-9(14)10(15)16/h2-5,9H,6,14H2,1H3,(H,15,16)/t9-/m0/s1. The van der Waals surface area contributed by atoms with Crippen molar-refractivity contribution in [2.45, 2.75) is 25.3 Å². The highest BCUT2D eigenvalue weighted by molar-refractivity contribution is 5.73. The molecule has 0 radical (unpaired) electrons. The zero-order chi connectivity index (χ0) is 12.3. The Morgan fingerprint density at radius 3 is 2.56 bits per heavy atom. The lowest BCUT2D eigenvalue weighted by Crippen LogP contribution is -2.33. The number of aliphatic carboxylic acids is 1. The summed E-state index contributed by atoms with van der Waals surface area (Å²) < 4.78 is 26.4. The van der Waals surface area contributed by atoms with Gasteiger partial charge in [-0.15, -0.1) is 0 Å². The molecule has 88 valence electrons. The van der Waals surface area contributed by atoms with Gasteiger partial charge in [0.2, 0.25) is 0 Å². The molecule has 0 saturated carbocycles. The molecule has 0 aliphatic rings. The van der Waals surface area contributed by atoms with Crippen molar-refractivity contribution in [2.24, 2.45) is 5.73 Å². The summed E-state index contributed by atoms with van der Waals surface area (Å²) in [4.78, 5) is 10.6. The first kappa shape index (κ1) is 12.6. The Morgan fingerprint density at radius 1 is 1.50 bits per heavy atom. The van der Waals surface area contributed by atoms with Gasteiger partial charge >= 0.3 is 5.97 Å². The van der Waals surface area contributed by atoms with Gasteiger partial charge in [-0.3, -0.25) is 4.79 Å². The van der Waals surface area contributed by atoms with E-state index in [-0.39, 0.29) is 17.5 Å². The molecule has 3 N–H and O–H groups in total. The van der Waals surface area contributed by atoms with Crippen LogP contribution >= 0.6 is 0 Å². The smallest absolute Gasteiger partial charge is 0.320 e. The van der Waals surface area contributed by atoms with Gasteiger partial charge in [0, 0.05) is 12.5 Å². The second kappa shape index (κ2) is 4.57. The Bertz CT molecular complexity index is 388. The number of nitrogens with two attached hydrogens (primary N) is 1. The van der Waals surface area contributed by atoms with E-state index in [1.165, 1.54) is 18.2 Å². The van der Waals surface area contributed by atoms with Crippen LogP contribution in [0.4, 0.5) is 8.78 Å². The van der Waals surface area contributed by atoms with E-state index < -0.39 is 17.9 Å². The van der Waals surface area contributed by atoms with Gasteiger partial charge in [0.15, 0.2) is 0 Å². The van der Waals surface area contributed by atoms with Gasteiger partial charge in [0.25, 0.3) is 5.92 Å². The highest BCUT2D eigenvalue weighted by Crippen LogP contribution is 2.30. The lowest BCUT2D eigenvalue weighted by molar-refractivity contribution is -0.138. The molecule has 1 aromatic rings. The molecule has 1 aromatic carbocycles. The molecule has 0 aromatic heterocycles. The topological polar surface area (TPSA) is 63.3 Å².